The number of hydrogen-bond acceptors (Lipinski definition) is 3. The van der Waals surface area contributed by atoms with E-state index in [1.54, 1.807) is 0 Å². The second kappa shape index (κ2) is 8.14. The van der Waals surface area contributed by atoms with E-state index in [1.807, 2.05) is 18.7 Å². The Kier molecular flexibility index (Phi) is 8.02. The van der Waals surface area contributed by atoms with Crippen LogP contribution < -0.4 is 5.73 Å². The maximum atomic E-state index is 8.84. The Morgan fingerprint density at radius 1 is 1.29 bits per heavy atom. The molecule has 0 bridgehead atoms. The van der Waals surface area contributed by atoms with E-state index < -0.39 is 5.54 Å². The van der Waals surface area contributed by atoms with Crippen molar-refractivity contribution < 1.29 is 0 Å². The first kappa shape index (κ1) is 13.8. The minimum Gasteiger partial charge on any atom is -0.313 e. The van der Waals surface area contributed by atoms with E-state index in [-0.39, 0.29) is 0 Å². The number of hydrogen-bond donors (Lipinski definition) is 1. The second-order valence-corrected chi connectivity index (χ2v) is 4.92. The molecular weight excluding hydrogens is 192 g/mol. The number of unbranched alkanes of at least 4 members (excludes halogenated alkanes) is 1. The summed E-state index contributed by atoms with van der Waals surface area (Å²) in [5.74, 6) is 2.38. The van der Waals surface area contributed by atoms with Gasteiger partial charge in [0.15, 0.2) is 0 Å². The van der Waals surface area contributed by atoms with Crippen molar-refractivity contribution in [1.29, 1.82) is 5.26 Å². The van der Waals surface area contributed by atoms with E-state index in [1.165, 1.54) is 18.6 Å². The van der Waals surface area contributed by atoms with Crippen molar-refractivity contribution in [2.45, 2.75) is 51.5 Å². The van der Waals surface area contributed by atoms with Crippen LogP contribution in [0.4, 0.5) is 0 Å². The molecular formula is C11H22N2S. The molecule has 0 radical (unpaired) electrons. The van der Waals surface area contributed by atoms with E-state index in [4.69, 9.17) is 11.0 Å². The van der Waals surface area contributed by atoms with Crippen molar-refractivity contribution in [2.75, 3.05) is 11.5 Å². The highest BCUT2D eigenvalue weighted by Crippen LogP contribution is 2.15. The van der Waals surface area contributed by atoms with Gasteiger partial charge < -0.3 is 5.73 Å². The van der Waals surface area contributed by atoms with Gasteiger partial charge in [0.05, 0.1) is 6.07 Å². The Bertz CT molecular complexity index is 177. The molecule has 0 fully saturated rings. The van der Waals surface area contributed by atoms with Gasteiger partial charge in [0.1, 0.15) is 5.54 Å². The summed E-state index contributed by atoms with van der Waals surface area (Å²) < 4.78 is 0. The molecule has 0 aliphatic carbocycles. The van der Waals surface area contributed by atoms with Crippen molar-refractivity contribution in [2.24, 2.45) is 5.73 Å². The summed E-state index contributed by atoms with van der Waals surface area (Å²) in [7, 11) is 0. The Hall–Kier alpha value is -0.200. The molecule has 82 valence electrons. The summed E-state index contributed by atoms with van der Waals surface area (Å²) in [6.45, 7) is 4.19. The minimum atomic E-state index is -0.578. The van der Waals surface area contributed by atoms with Crippen LogP contribution in [-0.4, -0.2) is 17.0 Å². The molecule has 0 aromatic heterocycles. The molecule has 1 unspecified atom stereocenters. The van der Waals surface area contributed by atoms with Crippen LogP contribution in [-0.2, 0) is 0 Å². The van der Waals surface area contributed by atoms with Crippen LogP contribution in [0.3, 0.4) is 0 Å². The van der Waals surface area contributed by atoms with Crippen molar-refractivity contribution in [3.05, 3.63) is 0 Å². The van der Waals surface area contributed by atoms with Gasteiger partial charge in [-0.05, 0) is 37.2 Å². The molecule has 3 heteroatoms. The number of nitrogens with zero attached hydrogens (tertiary/aromatic N) is 1. The highest BCUT2D eigenvalue weighted by Gasteiger charge is 2.20. The predicted octanol–water partition coefficient (Wildman–Crippen LogP) is 2.93. The molecule has 2 N–H and O–H groups in total. The zero-order valence-electron chi connectivity index (χ0n) is 9.38. The zero-order chi connectivity index (χ0) is 10.9. The molecule has 1 atom stereocenters. The topological polar surface area (TPSA) is 49.8 Å². The van der Waals surface area contributed by atoms with Gasteiger partial charge in [-0.1, -0.05) is 20.3 Å². The van der Waals surface area contributed by atoms with Crippen LogP contribution >= 0.6 is 11.8 Å². The van der Waals surface area contributed by atoms with E-state index in [2.05, 4.69) is 13.0 Å². The highest BCUT2D eigenvalue weighted by molar-refractivity contribution is 7.99. The second-order valence-electron chi connectivity index (χ2n) is 3.69. The maximum absolute atomic E-state index is 8.84. The lowest BCUT2D eigenvalue weighted by molar-refractivity contribution is 0.478. The van der Waals surface area contributed by atoms with Crippen LogP contribution in [0.1, 0.15) is 46.0 Å². The Labute approximate surface area is 92.2 Å². The predicted molar refractivity (Wildman–Crippen MR) is 64.3 cm³/mol. The molecule has 0 aliphatic heterocycles. The third kappa shape index (κ3) is 6.28. The van der Waals surface area contributed by atoms with E-state index in [0.717, 1.165) is 25.0 Å². The van der Waals surface area contributed by atoms with Gasteiger partial charge in [-0.3, -0.25) is 0 Å². The smallest absolute Gasteiger partial charge is 0.104 e. The molecule has 0 rings (SSSR count). The maximum Gasteiger partial charge on any atom is 0.104 e. The van der Waals surface area contributed by atoms with Gasteiger partial charge in [-0.25, -0.2) is 0 Å². The molecule has 14 heavy (non-hydrogen) atoms. The lowest BCUT2D eigenvalue weighted by Gasteiger charge is -2.18. The molecule has 0 aromatic rings. The van der Waals surface area contributed by atoms with Gasteiger partial charge in [-0.15, -0.1) is 0 Å². The van der Waals surface area contributed by atoms with E-state index in [9.17, 15) is 0 Å². The summed E-state index contributed by atoms with van der Waals surface area (Å²) in [6.07, 6.45) is 5.21. The molecule has 0 amide bonds. The minimum absolute atomic E-state index is 0.578. The van der Waals surface area contributed by atoms with Gasteiger partial charge in [-0.2, -0.15) is 17.0 Å². The lowest BCUT2D eigenvalue weighted by Crippen LogP contribution is -2.37. The fourth-order valence-electron chi connectivity index (χ4n) is 1.15. The molecule has 0 aromatic carbocycles. The summed E-state index contributed by atoms with van der Waals surface area (Å²) in [5, 5.41) is 8.84. The van der Waals surface area contributed by atoms with Crippen molar-refractivity contribution in [3.8, 4) is 6.07 Å². The lowest BCUT2D eigenvalue weighted by atomic mass is 9.94. The highest BCUT2D eigenvalue weighted by atomic mass is 32.2. The normalized spacial score (nSPS) is 14.7. The molecule has 2 nitrogen and oxygen atoms in total. The summed E-state index contributed by atoms with van der Waals surface area (Å²) >= 11 is 1.97. The summed E-state index contributed by atoms with van der Waals surface area (Å²) in [5.41, 5.74) is 5.29. The quantitative estimate of drug-likeness (QED) is 0.632. The van der Waals surface area contributed by atoms with Crippen LogP contribution in [0.2, 0.25) is 0 Å². The van der Waals surface area contributed by atoms with Crippen LogP contribution in [0.5, 0.6) is 0 Å². The van der Waals surface area contributed by atoms with Gasteiger partial charge in [0.25, 0.3) is 0 Å². The fourth-order valence-corrected chi connectivity index (χ4v) is 2.20. The van der Waals surface area contributed by atoms with Crippen LogP contribution in [0.25, 0.3) is 0 Å². The summed E-state index contributed by atoms with van der Waals surface area (Å²) in [6, 6.07) is 2.20. The Morgan fingerprint density at radius 2 is 1.93 bits per heavy atom. The Morgan fingerprint density at radius 3 is 2.43 bits per heavy atom. The van der Waals surface area contributed by atoms with Gasteiger partial charge in [0.2, 0.25) is 0 Å². The number of thioether (sulfide) groups is 1. The summed E-state index contributed by atoms with van der Waals surface area (Å²) in [4.78, 5) is 0. The van der Waals surface area contributed by atoms with E-state index in [0.29, 0.717) is 0 Å². The molecule has 0 saturated heterocycles. The van der Waals surface area contributed by atoms with Crippen LogP contribution in [0, 0.1) is 11.3 Å². The number of rotatable bonds is 8. The van der Waals surface area contributed by atoms with Gasteiger partial charge in [0, 0.05) is 0 Å². The molecule has 0 spiro atoms. The molecule has 0 saturated carbocycles. The fraction of sp³-hybridized carbons (Fsp3) is 0.909. The van der Waals surface area contributed by atoms with E-state index >= 15 is 0 Å². The van der Waals surface area contributed by atoms with Crippen molar-refractivity contribution in [1.82, 2.24) is 0 Å². The third-order valence-corrected chi connectivity index (χ3v) is 3.56. The average Bonchev–Trinajstić information content (AvgIpc) is 2.23. The largest absolute Gasteiger partial charge is 0.313 e. The number of nitriles is 1. The first-order valence-corrected chi connectivity index (χ1v) is 6.62. The number of nitrogens with two attached hydrogens (primary N) is 1. The zero-order valence-corrected chi connectivity index (χ0v) is 10.2. The first-order valence-electron chi connectivity index (χ1n) is 5.46. The van der Waals surface area contributed by atoms with Gasteiger partial charge >= 0.3 is 0 Å². The molecule has 0 heterocycles. The first-order chi connectivity index (χ1) is 6.68. The third-order valence-electron chi connectivity index (χ3n) is 2.41. The Balaban J connectivity index is 3.40. The average molecular weight is 214 g/mol. The monoisotopic (exact) mass is 214 g/mol. The van der Waals surface area contributed by atoms with Crippen molar-refractivity contribution >= 4 is 11.8 Å². The van der Waals surface area contributed by atoms with Crippen molar-refractivity contribution in [3.63, 3.8) is 0 Å². The van der Waals surface area contributed by atoms with Crippen LogP contribution in [0.15, 0.2) is 0 Å². The standard InChI is InChI=1S/C11H22N2S/c1-3-5-8-14-9-6-7-11(13,4-2)10-12/h3-9,13H2,1-2H3. The SMILES string of the molecule is CCCCSCCCC(N)(C#N)CC. The molecule has 0 aliphatic rings.